The molecule has 3 N–H and O–H groups in total. The van der Waals surface area contributed by atoms with Crippen LogP contribution in [0.25, 0.3) is 0 Å². The molecule has 1 saturated carbocycles. The van der Waals surface area contributed by atoms with E-state index in [1.54, 1.807) is 0 Å². The third-order valence-corrected chi connectivity index (χ3v) is 2.68. The van der Waals surface area contributed by atoms with E-state index in [4.69, 9.17) is 10.8 Å². The Morgan fingerprint density at radius 1 is 1.58 bits per heavy atom. The van der Waals surface area contributed by atoms with E-state index in [1.807, 2.05) is 0 Å². The van der Waals surface area contributed by atoms with Crippen LogP contribution < -0.4 is 5.73 Å². The normalized spacial score (nSPS) is 21.8. The molecule has 1 aliphatic rings. The van der Waals surface area contributed by atoms with E-state index in [0.717, 1.165) is 12.3 Å². The molecule has 0 aromatic rings. The van der Waals surface area contributed by atoms with Gasteiger partial charge >= 0.3 is 5.97 Å². The lowest BCUT2D eigenvalue weighted by molar-refractivity contribution is -0.138. The molecule has 0 saturated heterocycles. The second kappa shape index (κ2) is 3.90. The molecule has 0 bridgehead atoms. The van der Waals surface area contributed by atoms with E-state index in [2.05, 4.69) is 6.92 Å². The Morgan fingerprint density at radius 3 is 2.58 bits per heavy atom. The monoisotopic (exact) mass is 171 g/mol. The summed E-state index contributed by atoms with van der Waals surface area (Å²) in [7, 11) is 0. The summed E-state index contributed by atoms with van der Waals surface area (Å²) in [6.07, 6.45) is 4.22. The summed E-state index contributed by atoms with van der Waals surface area (Å²) in [6, 6.07) is -0.661. The Morgan fingerprint density at radius 2 is 2.17 bits per heavy atom. The first-order valence-corrected chi connectivity index (χ1v) is 4.59. The fraction of sp³-hybridized carbons (Fsp3) is 0.889. The summed E-state index contributed by atoms with van der Waals surface area (Å²) in [5.74, 6) is 0.638. The Hall–Kier alpha value is -0.570. The average molecular weight is 171 g/mol. The first kappa shape index (κ1) is 9.52. The molecule has 1 fully saturated rings. The topological polar surface area (TPSA) is 63.3 Å². The van der Waals surface area contributed by atoms with Gasteiger partial charge in [0, 0.05) is 0 Å². The highest BCUT2D eigenvalue weighted by atomic mass is 16.4. The van der Waals surface area contributed by atoms with Gasteiger partial charge in [-0.05, 0) is 37.5 Å². The highest BCUT2D eigenvalue weighted by Crippen LogP contribution is 2.38. The lowest BCUT2D eigenvalue weighted by Crippen LogP contribution is -2.30. The molecule has 3 heteroatoms. The smallest absolute Gasteiger partial charge is 0.320 e. The summed E-state index contributed by atoms with van der Waals surface area (Å²) in [5.41, 5.74) is 5.39. The van der Waals surface area contributed by atoms with Gasteiger partial charge in [0.15, 0.2) is 0 Å². The molecule has 0 radical (unpaired) electrons. The molecule has 0 aromatic carbocycles. The van der Waals surface area contributed by atoms with Gasteiger partial charge < -0.3 is 10.8 Å². The molecule has 0 spiro atoms. The Kier molecular flexibility index (Phi) is 3.09. The van der Waals surface area contributed by atoms with Crippen molar-refractivity contribution in [3.05, 3.63) is 0 Å². The zero-order chi connectivity index (χ0) is 9.14. The fourth-order valence-corrected chi connectivity index (χ4v) is 1.47. The van der Waals surface area contributed by atoms with Crippen LogP contribution in [0.3, 0.4) is 0 Å². The third-order valence-electron chi connectivity index (χ3n) is 2.68. The summed E-state index contributed by atoms with van der Waals surface area (Å²) in [4.78, 5) is 10.4. The van der Waals surface area contributed by atoms with Crippen molar-refractivity contribution in [3.8, 4) is 0 Å². The van der Waals surface area contributed by atoms with Crippen LogP contribution in [0.5, 0.6) is 0 Å². The number of rotatable bonds is 5. The Balaban J connectivity index is 2.11. The summed E-state index contributed by atoms with van der Waals surface area (Å²) < 4.78 is 0. The molecule has 0 amide bonds. The number of nitrogens with two attached hydrogens (primary N) is 1. The zero-order valence-electron chi connectivity index (χ0n) is 7.49. The summed E-state index contributed by atoms with van der Waals surface area (Å²) >= 11 is 0. The van der Waals surface area contributed by atoms with Crippen LogP contribution in [0.2, 0.25) is 0 Å². The maximum absolute atomic E-state index is 10.4. The second-order valence-corrected chi connectivity index (χ2v) is 3.84. The van der Waals surface area contributed by atoms with Gasteiger partial charge in [-0.2, -0.15) is 0 Å². The standard InChI is InChI=1S/C9H17NO2/c1-6(7-3-4-7)2-5-8(10)9(11)12/h6-8H,2-5,10H2,1H3,(H,11,12). The van der Waals surface area contributed by atoms with E-state index in [9.17, 15) is 4.79 Å². The van der Waals surface area contributed by atoms with Crippen molar-refractivity contribution < 1.29 is 9.90 Å². The third kappa shape index (κ3) is 2.81. The van der Waals surface area contributed by atoms with E-state index in [0.29, 0.717) is 12.3 Å². The summed E-state index contributed by atoms with van der Waals surface area (Å²) in [5, 5.41) is 8.52. The molecule has 12 heavy (non-hydrogen) atoms. The van der Waals surface area contributed by atoms with Gasteiger partial charge in [-0.15, -0.1) is 0 Å². The minimum Gasteiger partial charge on any atom is -0.480 e. The van der Waals surface area contributed by atoms with Crippen molar-refractivity contribution in [1.29, 1.82) is 0 Å². The number of carboxylic acid groups (broad SMARTS) is 1. The van der Waals surface area contributed by atoms with Crippen molar-refractivity contribution in [1.82, 2.24) is 0 Å². The van der Waals surface area contributed by atoms with Crippen molar-refractivity contribution in [2.45, 2.75) is 38.6 Å². The van der Waals surface area contributed by atoms with Crippen LogP contribution >= 0.6 is 0 Å². The quantitative estimate of drug-likeness (QED) is 0.653. The lowest BCUT2D eigenvalue weighted by Gasteiger charge is -2.11. The Bertz CT molecular complexity index is 166. The van der Waals surface area contributed by atoms with Crippen molar-refractivity contribution in [2.75, 3.05) is 0 Å². The molecule has 3 nitrogen and oxygen atoms in total. The minimum absolute atomic E-state index is 0.618. The average Bonchev–Trinajstić information content (AvgIpc) is 2.81. The molecular weight excluding hydrogens is 154 g/mol. The zero-order valence-corrected chi connectivity index (χ0v) is 7.49. The molecule has 70 valence electrons. The predicted octanol–water partition coefficient (Wildman–Crippen LogP) is 1.22. The van der Waals surface area contributed by atoms with Crippen molar-refractivity contribution in [3.63, 3.8) is 0 Å². The van der Waals surface area contributed by atoms with Crippen molar-refractivity contribution >= 4 is 5.97 Å². The molecule has 0 heterocycles. The highest BCUT2D eigenvalue weighted by molar-refractivity contribution is 5.72. The Labute approximate surface area is 72.9 Å². The molecule has 2 atom stereocenters. The molecule has 0 aliphatic heterocycles. The van der Waals surface area contributed by atoms with Crippen LogP contribution in [0.1, 0.15) is 32.6 Å². The van der Waals surface area contributed by atoms with Gasteiger partial charge in [0.05, 0.1) is 0 Å². The highest BCUT2D eigenvalue weighted by Gasteiger charge is 2.28. The van der Waals surface area contributed by atoms with Crippen LogP contribution in [-0.2, 0) is 4.79 Å². The number of carboxylic acids is 1. The van der Waals surface area contributed by atoms with Gasteiger partial charge in [-0.25, -0.2) is 0 Å². The van der Waals surface area contributed by atoms with Crippen LogP contribution in [0.15, 0.2) is 0 Å². The van der Waals surface area contributed by atoms with E-state index < -0.39 is 12.0 Å². The van der Waals surface area contributed by atoms with Crippen LogP contribution in [-0.4, -0.2) is 17.1 Å². The lowest BCUT2D eigenvalue weighted by atomic mass is 9.98. The first-order chi connectivity index (χ1) is 5.61. The fourth-order valence-electron chi connectivity index (χ4n) is 1.47. The largest absolute Gasteiger partial charge is 0.480 e. The van der Waals surface area contributed by atoms with Crippen molar-refractivity contribution in [2.24, 2.45) is 17.6 Å². The van der Waals surface area contributed by atoms with Gasteiger partial charge in [0.25, 0.3) is 0 Å². The van der Waals surface area contributed by atoms with Gasteiger partial charge in [0.2, 0.25) is 0 Å². The number of carbonyl (C=O) groups is 1. The second-order valence-electron chi connectivity index (χ2n) is 3.84. The SMILES string of the molecule is CC(CCC(N)C(=O)O)C1CC1. The maximum atomic E-state index is 10.4. The number of aliphatic carboxylic acids is 1. The van der Waals surface area contributed by atoms with Crippen LogP contribution in [0.4, 0.5) is 0 Å². The number of hydrogen-bond donors (Lipinski definition) is 2. The summed E-state index contributed by atoms with van der Waals surface area (Å²) in [6.45, 7) is 2.19. The van der Waals surface area contributed by atoms with Gasteiger partial charge in [-0.1, -0.05) is 6.92 Å². The molecular formula is C9H17NO2. The predicted molar refractivity (Wildman–Crippen MR) is 46.7 cm³/mol. The van der Waals surface area contributed by atoms with Gasteiger partial charge in [0.1, 0.15) is 6.04 Å². The van der Waals surface area contributed by atoms with E-state index >= 15 is 0 Å². The first-order valence-electron chi connectivity index (χ1n) is 4.59. The van der Waals surface area contributed by atoms with Crippen LogP contribution in [0, 0.1) is 11.8 Å². The maximum Gasteiger partial charge on any atom is 0.320 e. The van der Waals surface area contributed by atoms with Gasteiger partial charge in [-0.3, -0.25) is 4.79 Å². The molecule has 0 aromatic heterocycles. The molecule has 1 rings (SSSR count). The minimum atomic E-state index is -0.877. The number of hydrogen-bond acceptors (Lipinski definition) is 2. The van der Waals surface area contributed by atoms with E-state index in [1.165, 1.54) is 12.8 Å². The molecule has 2 unspecified atom stereocenters. The molecule has 1 aliphatic carbocycles. The van der Waals surface area contributed by atoms with E-state index in [-0.39, 0.29) is 0 Å².